The summed E-state index contributed by atoms with van der Waals surface area (Å²) in [6.07, 6.45) is -0.0620. The Bertz CT molecular complexity index is 465. The lowest BCUT2D eigenvalue weighted by Crippen LogP contribution is -2.39. The average Bonchev–Trinajstić information content (AvgIpc) is 3.12. The predicted molar refractivity (Wildman–Crippen MR) is 70.6 cm³/mol. The molecule has 6 heteroatoms. The first-order valence-corrected chi connectivity index (χ1v) is 7.08. The molecule has 1 atom stereocenters. The maximum absolute atomic E-state index is 12.8. The Morgan fingerprint density at radius 3 is 2.65 bits per heavy atom. The van der Waals surface area contributed by atoms with Crippen LogP contribution in [0.15, 0.2) is 18.2 Å². The van der Waals surface area contributed by atoms with E-state index in [1.807, 2.05) is 4.90 Å². The summed E-state index contributed by atoms with van der Waals surface area (Å²) >= 11 is 0. The number of anilines is 1. The highest BCUT2D eigenvalue weighted by molar-refractivity contribution is 5.43. The topological polar surface area (TPSA) is 28.2 Å². The Kier molecular flexibility index (Phi) is 3.58. The first kappa shape index (κ1) is 13.7. The average molecular weight is 285 g/mol. The zero-order valence-corrected chi connectivity index (χ0v) is 11.2. The molecule has 0 amide bonds. The standard InChI is InChI=1S/C14H18F3N3/c15-14(16,17)12-4-1-5-13(19-12)20(11-6-7-11)9-10-3-2-8-18-10/h1,4-5,10-11,18H,2-3,6-9H2. The smallest absolute Gasteiger partial charge is 0.352 e. The van der Waals surface area contributed by atoms with Crippen molar-refractivity contribution in [1.82, 2.24) is 10.3 Å². The molecule has 2 heterocycles. The molecule has 1 aromatic heterocycles. The Hall–Kier alpha value is -1.30. The van der Waals surface area contributed by atoms with Crippen LogP contribution in [-0.2, 0) is 6.18 Å². The predicted octanol–water partition coefficient (Wildman–Crippen LogP) is 2.82. The lowest BCUT2D eigenvalue weighted by atomic mass is 10.2. The molecule has 1 saturated carbocycles. The van der Waals surface area contributed by atoms with Crippen molar-refractivity contribution >= 4 is 5.82 Å². The highest BCUT2D eigenvalue weighted by atomic mass is 19.4. The van der Waals surface area contributed by atoms with Gasteiger partial charge in [0.1, 0.15) is 11.5 Å². The molecule has 1 N–H and O–H groups in total. The Balaban J connectivity index is 1.80. The molecule has 110 valence electrons. The first-order chi connectivity index (χ1) is 9.54. The first-order valence-electron chi connectivity index (χ1n) is 7.08. The number of nitrogens with one attached hydrogen (secondary N) is 1. The van der Waals surface area contributed by atoms with Crippen LogP contribution in [0.5, 0.6) is 0 Å². The molecular weight excluding hydrogens is 267 g/mol. The largest absolute Gasteiger partial charge is 0.433 e. The second kappa shape index (κ2) is 5.24. The van der Waals surface area contributed by atoms with Crippen LogP contribution in [0.25, 0.3) is 0 Å². The van der Waals surface area contributed by atoms with E-state index in [0.717, 1.165) is 44.8 Å². The monoisotopic (exact) mass is 285 g/mol. The summed E-state index contributed by atoms with van der Waals surface area (Å²) in [5, 5.41) is 3.39. The minimum atomic E-state index is -4.38. The fraction of sp³-hybridized carbons (Fsp3) is 0.643. The van der Waals surface area contributed by atoms with E-state index in [1.54, 1.807) is 6.07 Å². The molecule has 2 fully saturated rings. The van der Waals surface area contributed by atoms with E-state index >= 15 is 0 Å². The molecule has 1 aliphatic carbocycles. The van der Waals surface area contributed by atoms with Crippen LogP contribution in [-0.4, -0.2) is 30.2 Å². The van der Waals surface area contributed by atoms with Crippen molar-refractivity contribution in [2.45, 2.75) is 43.9 Å². The molecule has 1 aromatic rings. The number of hydrogen-bond acceptors (Lipinski definition) is 3. The van der Waals surface area contributed by atoms with Gasteiger partial charge in [0.15, 0.2) is 0 Å². The fourth-order valence-electron chi connectivity index (χ4n) is 2.71. The highest BCUT2D eigenvalue weighted by Gasteiger charge is 2.35. The minimum Gasteiger partial charge on any atom is -0.352 e. The number of nitrogens with zero attached hydrogens (tertiary/aromatic N) is 2. The molecule has 1 aliphatic heterocycles. The van der Waals surface area contributed by atoms with E-state index in [-0.39, 0.29) is 0 Å². The van der Waals surface area contributed by atoms with E-state index in [9.17, 15) is 13.2 Å². The van der Waals surface area contributed by atoms with Gasteiger partial charge < -0.3 is 10.2 Å². The normalized spacial score (nSPS) is 23.1. The van der Waals surface area contributed by atoms with Crippen molar-refractivity contribution in [2.75, 3.05) is 18.0 Å². The molecule has 0 radical (unpaired) electrons. The Labute approximate surface area is 116 Å². The second-order valence-electron chi connectivity index (χ2n) is 5.56. The highest BCUT2D eigenvalue weighted by Crippen LogP contribution is 2.34. The maximum atomic E-state index is 12.8. The van der Waals surface area contributed by atoms with Crippen LogP contribution in [0, 0.1) is 0 Å². The second-order valence-corrected chi connectivity index (χ2v) is 5.56. The van der Waals surface area contributed by atoms with Crippen LogP contribution < -0.4 is 10.2 Å². The molecule has 0 bridgehead atoms. The van der Waals surface area contributed by atoms with Gasteiger partial charge in [0.05, 0.1) is 0 Å². The van der Waals surface area contributed by atoms with E-state index in [4.69, 9.17) is 0 Å². The summed E-state index contributed by atoms with van der Waals surface area (Å²) in [5.41, 5.74) is -0.806. The van der Waals surface area contributed by atoms with Crippen LogP contribution >= 0.6 is 0 Å². The summed E-state index contributed by atoms with van der Waals surface area (Å²) < 4.78 is 38.3. The number of rotatable bonds is 4. The quantitative estimate of drug-likeness (QED) is 0.922. The lowest BCUT2D eigenvalue weighted by molar-refractivity contribution is -0.141. The van der Waals surface area contributed by atoms with Gasteiger partial charge in [-0.3, -0.25) is 0 Å². The third-order valence-corrected chi connectivity index (χ3v) is 3.89. The van der Waals surface area contributed by atoms with Crippen LogP contribution in [0.2, 0.25) is 0 Å². The zero-order chi connectivity index (χ0) is 14.2. The van der Waals surface area contributed by atoms with Crippen molar-refractivity contribution in [3.05, 3.63) is 23.9 Å². The van der Waals surface area contributed by atoms with Crippen LogP contribution in [0.3, 0.4) is 0 Å². The van der Waals surface area contributed by atoms with Gasteiger partial charge in [-0.15, -0.1) is 0 Å². The van der Waals surface area contributed by atoms with Gasteiger partial charge in [-0.1, -0.05) is 6.07 Å². The summed E-state index contributed by atoms with van der Waals surface area (Å²) in [6.45, 7) is 1.75. The van der Waals surface area contributed by atoms with Gasteiger partial charge in [-0.25, -0.2) is 4.98 Å². The molecule has 1 saturated heterocycles. The third kappa shape index (κ3) is 3.06. The molecular formula is C14H18F3N3. The number of hydrogen-bond donors (Lipinski definition) is 1. The number of alkyl halides is 3. The van der Waals surface area contributed by atoms with Gasteiger partial charge in [0.25, 0.3) is 0 Å². The van der Waals surface area contributed by atoms with Gasteiger partial charge in [-0.05, 0) is 44.4 Å². The fourth-order valence-corrected chi connectivity index (χ4v) is 2.71. The lowest BCUT2D eigenvalue weighted by Gasteiger charge is -2.27. The van der Waals surface area contributed by atoms with Crippen molar-refractivity contribution < 1.29 is 13.2 Å². The third-order valence-electron chi connectivity index (χ3n) is 3.89. The van der Waals surface area contributed by atoms with Crippen molar-refractivity contribution in [3.8, 4) is 0 Å². The number of aromatic nitrogens is 1. The van der Waals surface area contributed by atoms with Gasteiger partial charge in [0, 0.05) is 18.6 Å². The molecule has 20 heavy (non-hydrogen) atoms. The SMILES string of the molecule is FC(F)(F)c1cccc(N(CC2CCCN2)C2CC2)n1. The molecule has 1 unspecified atom stereocenters. The maximum Gasteiger partial charge on any atom is 0.433 e. The van der Waals surface area contributed by atoms with Crippen LogP contribution in [0.1, 0.15) is 31.4 Å². The molecule has 3 nitrogen and oxygen atoms in total. The van der Waals surface area contributed by atoms with E-state index in [1.165, 1.54) is 6.07 Å². The van der Waals surface area contributed by atoms with E-state index in [2.05, 4.69) is 10.3 Å². The Morgan fingerprint density at radius 1 is 1.25 bits per heavy atom. The summed E-state index contributed by atoms with van der Waals surface area (Å²) in [6, 6.07) is 4.88. The van der Waals surface area contributed by atoms with E-state index in [0.29, 0.717) is 17.9 Å². The van der Waals surface area contributed by atoms with E-state index < -0.39 is 11.9 Å². The summed E-state index contributed by atoms with van der Waals surface area (Å²) in [7, 11) is 0. The zero-order valence-electron chi connectivity index (χ0n) is 11.2. The van der Waals surface area contributed by atoms with Crippen molar-refractivity contribution in [1.29, 1.82) is 0 Å². The molecule has 0 aromatic carbocycles. The van der Waals surface area contributed by atoms with Gasteiger partial charge in [-0.2, -0.15) is 13.2 Å². The van der Waals surface area contributed by atoms with Crippen LogP contribution in [0.4, 0.5) is 19.0 Å². The summed E-state index contributed by atoms with van der Waals surface area (Å²) in [4.78, 5) is 5.86. The van der Waals surface area contributed by atoms with Gasteiger partial charge in [0.2, 0.25) is 0 Å². The Morgan fingerprint density at radius 2 is 2.05 bits per heavy atom. The van der Waals surface area contributed by atoms with Crippen molar-refractivity contribution in [3.63, 3.8) is 0 Å². The molecule has 0 spiro atoms. The van der Waals surface area contributed by atoms with Crippen molar-refractivity contribution in [2.24, 2.45) is 0 Å². The minimum absolute atomic E-state index is 0.355. The van der Waals surface area contributed by atoms with Gasteiger partial charge >= 0.3 is 6.18 Å². The number of halogens is 3. The molecule has 2 aliphatic rings. The molecule has 3 rings (SSSR count). The summed E-state index contributed by atoms with van der Waals surface area (Å²) in [5.74, 6) is 0.455. The number of pyridine rings is 1.